The van der Waals surface area contributed by atoms with Gasteiger partial charge in [-0.3, -0.25) is 4.90 Å². The van der Waals surface area contributed by atoms with Crippen LogP contribution in [0, 0.1) is 11.3 Å². The van der Waals surface area contributed by atoms with Gasteiger partial charge < -0.3 is 15.2 Å². The average molecular weight is 243 g/mol. The third kappa shape index (κ3) is 7.29. The van der Waals surface area contributed by atoms with Gasteiger partial charge in [-0.15, -0.1) is 0 Å². The fraction of sp³-hybridized carbons (Fsp3) is 0.917. The number of nitrogens with zero attached hydrogens (tertiary/aromatic N) is 2. The summed E-state index contributed by atoms with van der Waals surface area (Å²) in [6.45, 7) is 6.82. The Bertz CT molecular complexity index is 230. The van der Waals surface area contributed by atoms with Crippen LogP contribution in [0.3, 0.4) is 0 Å². The highest BCUT2D eigenvalue weighted by Crippen LogP contribution is 2.13. The predicted octanol–water partition coefficient (Wildman–Crippen LogP) is 0.601. The number of hydrogen-bond donors (Lipinski definition) is 1. The third-order valence-corrected chi connectivity index (χ3v) is 2.76. The van der Waals surface area contributed by atoms with Crippen LogP contribution in [0.15, 0.2) is 0 Å². The summed E-state index contributed by atoms with van der Waals surface area (Å²) in [5.41, 5.74) is 5.08. The van der Waals surface area contributed by atoms with Crippen molar-refractivity contribution in [3.8, 4) is 6.07 Å². The SMILES string of the molecule is COCCN(CCOC)C(C)CC(C)(N)C#N. The molecule has 100 valence electrons. The zero-order chi connectivity index (χ0) is 13.3. The van der Waals surface area contributed by atoms with Gasteiger partial charge in [0.05, 0.1) is 19.3 Å². The molecule has 0 radical (unpaired) electrons. The smallest absolute Gasteiger partial charge is 0.102 e. The number of nitriles is 1. The molecule has 0 heterocycles. The van der Waals surface area contributed by atoms with Gasteiger partial charge in [-0.25, -0.2) is 0 Å². The molecule has 0 spiro atoms. The first-order valence-electron chi connectivity index (χ1n) is 5.89. The summed E-state index contributed by atoms with van der Waals surface area (Å²) >= 11 is 0. The van der Waals surface area contributed by atoms with E-state index in [1.807, 2.05) is 0 Å². The molecule has 0 aromatic heterocycles. The number of ether oxygens (including phenoxy) is 2. The lowest BCUT2D eigenvalue weighted by molar-refractivity contribution is 0.0853. The molecule has 0 fully saturated rings. The second kappa shape index (κ2) is 8.43. The number of hydrogen-bond acceptors (Lipinski definition) is 5. The standard InChI is InChI=1S/C12H25N3O2/c1-11(9-12(2,14)10-13)15(5-7-16-3)6-8-17-4/h11H,5-9,14H2,1-4H3. The summed E-state index contributed by atoms with van der Waals surface area (Å²) in [5, 5.41) is 8.93. The molecule has 0 aliphatic heterocycles. The number of rotatable bonds is 9. The summed E-state index contributed by atoms with van der Waals surface area (Å²) < 4.78 is 10.2. The van der Waals surface area contributed by atoms with E-state index in [9.17, 15) is 0 Å². The Labute approximate surface area is 104 Å². The minimum absolute atomic E-state index is 0.231. The van der Waals surface area contributed by atoms with Crippen molar-refractivity contribution in [1.29, 1.82) is 5.26 Å². The maximum Gasteiger partial charge on any atom is 0.102 e. The van der Waals surface area contributed by atoms with E-state index >= 15 is 0 Å². The van der Waals surface area contributed by atoms with Crippen LogP contribution in [0.1, 0.15) is 20.3 Å². The van der Waals surface area contributed by atoms with E-state index in [-0.39, 0.29) is 6.04 Å². The summed E-state index contributed by atoms with van der Waals surface area (Å²) in [5.74, 6) is 0. The lowest BCUT2D eigenvalue weighted by Gasteiger charge is -2.31. The number of methoxy groups -OCH3 is 2. The van der Waals surface area contributed by atoms with Crippen LogP contribution in [0.25, 0.3) is 0 Å². The molecule has 5 nitrogen and oxygen atoms in total. The van der Waals surface area contributed by atoms with Crippen molar-refractivity contribution < 1.29 is 9.47 Å². The first-order valence-corrected chi connectivity index (χ1v) is 5.89. The molecule has 5 heteroatoms. The van der Waals surface area contributed by atoms with Gasteiger partial charge in [0.1, 0.15) is 5.54 Å². The second-order valence-corrected chi connectivity index (χ2v) is 4.60. The summed E-state index contributed by atoms with van der Waals surface area (Å²) in [4.78, 5) is 2.23. The van der Waals surface area contributed by atoms with Gasteiger partial charge in [0.15, 0.2) is 0 Å². The van der Waals surface area contributed by atoms with Crippen LogP contribution < -0.4 is 5.73 Å². The largest absolute Gasteiger partial charge is 0.383 e. The zero-order valence-corrected chi connectivity index (χ0v) is 11.4. The topological polar surface area (TPSA) is 71.5 Å². The molecule has 0 bridgehead atoms. The second-order valence-electron chi connectivity index (χ2n) is 4.60. The van der Waals surface area contributed by atoms with Crippen LogP contribution in [-0.4, -0.2) is 57.0 Å². The fourth-order valence-electron chi connectivity index (χ4n) is 1.76. The van der Waals surface area contributed by atoms with Crippen molar-refractivity contribution >= 4 is 0 Å². The number of nitrogens with two attached hydrogens (primary N) is 1. The van der Waals surface area contributed by atoms with Gasteiger partial charge >= 0.3 is 0 Å². The van der Waals surface area contributed by atoms with E-state index < -0.39 is 5.54 Å². The molecule has 0 aliphatic rings. The molecule has 0 amide bonds. The van der Waals surface area contributed by atoms with Crippen LogP contribution in [0.4, 0.5) is 0 Å². The van der Waals surface area contributed by atoms with Crippen molar-refractivity contribution in [1.82, 2.24) is 4.90 Å². The van der Waals surface area contributed by atoms with Crippen LogP contribution in [0.2, 0.25) is 0 Å². The molecule has 0 rings (SSSR count). The molecule has 17 heavy (non-hydrogen) atoms. The van der Waals surface area contributed by atoms with Crippen molar-refractivity contribution in [3.05, 3.63) is 0 Å². The normalized spacial score (nSPS) is 16.5. The highest BCUT2D eigenvalue weighted by molar-refractivity contribution is 5.02. The van der Waals surface area contributed by atoms with E-state index in [0.29, 0.717) is 19.6 Å². The molecule has 0 aromatic rings. The summed E-state index contributed by atoms with van der Waals surface area (Å²) in [6.07, 6.45) is 0.636. The van der Waals surface area contributed by atoms with Crippen molar-refractivity contribution in [3.63, 3.8) is 0 Å². The molecule has 2 unspecified atom stereocenters. The van der Waals surface area contributed by atoms with Gasteiger partial charge in [-0.2, -0.15) is 5.26 Å². The Hall–Kier alpha value is -0.670. The Kier molecular flexibility index (Phi) is 8.09. The van der Waals surface area contributed by atoms with Crippen LogP contribution >= 0.6 is 0 Å². The fourth-order valence-corrected chi connectivity index (χ4v) is 1.76. The first kappa shape index (κ1) is 16.3. The molecular formula is C12H25N3O2. The van der Waals surface area contributed by atoms with Crippen LogP contribution in [0.5, 0.6) is 0 Å². The molecule has 0 saturated carbocycles. The minimum atomic E-state index is -0.780. The Morgan fingerprint density at radius 1 is 1.29 bits per heavy atom. The van der Waals surface area contributed by atoms with E-state index in [2.05, 4.69) is 17.9 Å². The lowest BCUT2D eigenvalue weighted by atomic mass is 9.96. The summed E-state index contributed by atoms with van der Waals surface area (Å²) in [7, 11) is 3.36. The third-order valence-electron chi connectivity index (χ3n) is 2.76. The lowest BCUT2D eigenvalue weighted by Crippen LogP contribution is -2.45. The van der Waals surface area contributed by atoms with Gasteiger partial charge in [0.25, 0.3) is 0 Å². The highest BCUT2D eigenvalue weighted by Gasteiger charge is 2.24. The summed E-state index contributed by atoms with van der Waals surface area (Å²) in [6, 6.07) is 2.36. The molecule has 2 atom stereocenters. The Balaban J connectivity index is 4.30. The zero-order valence-electron chi connectivity index (χ0n) is 11.4. The predicted molar refractivity (Wildman–Crippen MR) is 67.6 cm³/mol. The average Bonchev–Trinajstić information content (AvgIpc) is 2.28. The molecule has 0 aromatic carbocycles. The van der Waals surface area contributed by atoms with Gasteiger partial charge in [-0.05, 0) is 20.3 Å². The molecular weight excluding hydrogens is 218 g/mol. The Morgan fingerprint density at radius 3 is 2.12 bits per heavy atom. The van der Waals surface area contributed by atoms with E-state index in [4.69, 9.17) is 20.5 Å². The molecule has 0 saturated heterocycles. The van der Waals surface area contributed by atoms with Crippen molar-refractivity contribution in [2.75, 3.05) is 40.5 Å². The first-order chi connectivity index (χ1) is 7.96. The van der Waals surface area contributed by atoms with Crippen LogP contribution in [-0.2, 0) is 9.47 Å². The Morgan fingerprint density at radius 2 is 1.76 bits per heavy atom. The van der Waals surface area contributed by atoms with Gasteiger partial charge in [0.2, 0.25) is 0 Å². The molecule has 2 N–H and O–H groups in total. The monoisotopic (exact) mass is 243 g/mol. The highest BCUT2D eigenvalue weighted by atomic mass is 16.5. The quantitative estimate of drug-likeness (QED) is 0.642. The minimum Gasteiger partial charge on any atom is -0.383 e. The van der Waals surface area contributed by atoms with E-state index in [1.54, 1.807) is 21.1 Å². The van der Waals surface area contributed by atoms with Gasteiger partial charge in [0, 0.05) is 33.4 Å². The van der Waals surface area contributed by atoms with E-state index in [0.717, 1.165) is 13.1 Å². The van der Waals surface area contributed by atoms with Crippen molar-refractivity contribution in [2.45, 2.75) is 31.8 Å². The maximum atomic E-state index is 8.93. The van der Waals surface area contributed by atoms with Crippen molar-refractivity contribution in [2.24, 2.45) is 5.73 Å². The molecule has 0 aliphatic carbocycles. The van der Waals surface area contributed by atoms with Gasteiger partial charge in [-0.1, -0.05) is 0 Å². The maximum absolute atomic E-state index is 8.93. The van der Waals surface area contributed by atoms with E-state index in [1.165, 1.54) is 0 Å².